The molecule has 0 aromatic carbocycles. The standard InChI is InChI=1S/C6H13NO2.C2H4O2/c1-3-4(2)5(7)6(8)9;1-2(3)4/h4-5H,3,7H2,1-2H3,(H,8,9);1H3,(H,3,4)/t4-,5-;/m0./s1. The topological polar surface area (TPSA) is 101 Å². The monoisotopic (exact) mass is 191 g/mol. The second-order valence-electron chi connectivity index (χ2n) is 2.77. The van der Waals surface area contributed by atoms with Crippen molar-refractivity contribution in [2.24, 2.45) is 11.7 Å². The largest absolute Gasteiger partial charge is 0.481 e. The minimum atomic E-state index is -0.913. The molecule has 0 saturated carbocycles. The molecule has 0 saturated heterocycles. The zero-order valence-corrected chi connectivity index (χ0v) is 8.15. The Morgan fingerprint density at radius 1 is 1.38 bits per heavy atom. The number of carboxylic acids is 2. The van der Waals surface area contributed by atoms with Crippen LogP contribution < -0.4 is 5.73 Å². The molecule has 0 rings (SSSR count). The van der Waals surface area contributed by atoms with Crippen LogP contribution in [0.4, 0.5) is 0 Å². The van der Waals surface area contributed by atoms with Crippen LogP contribution in [-0.2, 0) is 9.59 Å². The summed E-state index contributed by atoms with van der Waals surface area (Å²) in [6, 6.07) is -0.699. The number of rotatable bonds is 3. The number of nitrogens with two attached hydrogens (primary N) is 1. The average Bonchev–Trinajstić information content (AvgIpc) is 2.00. The summed E-state index contributed by atoms with van der Waals surface area (Å²) in [5.41, 5.74) is 5.27. The summed E-state index contributed by atoms with van der Waals surface area (Å²) < 4.78 is 0. The van der Waals surface area contributed by atoms with Gasteiger partial charge in [0.15, 0.2) is 0 Å². The first-order chi connectivity index (χ1) is 5.82. The van der Waals surface area contributed by atoms with Crippen LogP contribution in [0.15, 0.2) is 0 Å². The van der Waals surface area contributed by atoms with Gasteiger partial charge >= 0.3 is 5.97 Å². The molecule has 0 spiro atoms. The maximum atomic E-state index is 10.2. The molecule has 0 amide bonds. The van der Waals surface area contributed by atoms with Gasteiger partial charge in [-0.05, 0) is 5.92 Å². The lowest BCUT2D eigenvalue weighted by Crippen LogP contribution is -2.36. The number of carboxylic acid groups (broad SMARTS) is 2. The molecule has 0 aliphatic rings. The van der Waals surface area contributed by atoms with Gasteiger partial charge in [0.2, 0.25) is 0 Å². The third-order valence-electron chi connectivity index (χ3n) is 1.54. The molecular weight excluding hydrogens is 174 g/mol. The second kappa shape index (κ2) is 7.54. The fraction of sp³-hybridized carbons (Fsp3) is 0.750. The van der Waals surface area contributed by atoms with Crippen LogP contribution in [0.2, 0.25) is 0 Å². The maximum Gasteiger partial charge on any atom is 0.320 e. The minimum absolute atomic E-state index is 0.0718. The number of hydrogen-bond donors (Lipinski definition) is 3. The first kappa shape index (κ1) is 14.4. The van der Waals surface area contributed by atoms with Crippen LogP contribution >= 0.6 is 0 Å². The van der Waals surface area contributed by atoms with Crippen molar-refractivity contribution in [2.45, 2.75) is 33.2 Å². The van der Waals surface area contributed by atoms with Crippen LogP contribution in [0.3, 0.4) is 0 Å². The van der Waals surface area contributed by atoms with E-state index in [0.717, 1.165) is 13.3 Å². The van der Waals surface area contributed by atoms with Crippen molar-refractivity contribution in [1.82, 2.24) is 0 Å². The predicted molar refractivity (Wildman–Crippen MR) is 48.4 cm³/mol. The number of hydrogen-bond acceptors (Lipinski definition) is 3. The lowest BCUT2D eigenvalue weighted by Gasteiger charge is -2.11. The molecule has 0 aliphatic heterocycles. The summed E-state index contributed by atoms with van der Waals surface area (Å²) in [5.74, 6) is -1.67. The van der Waals surface area contributed by atoms with E-state index in [0.29, 0.717) is 0 Å². The average molecular weight is 191 g/mol. The molecule has 4 N–H and O–H groups in total. The van der Waals surface area contributed by atoms with E-state index in [1.54, 1.807) is 0 Å². The molecule has 0 fully saturated rings. The van der Waals surface area contributed by atoms with Gasteiger partial charge in [-0.3, -0.25) is 9.59 Å². The lowest BCUT2D eigenvalue weighted by molar-refractivity contribution is -0.139. The van der Waals surface area contributed by atoms with Crippen molar-refractivity contribution in [3.63, 3.8) is 0 Å². The zero-order chi connectivity index (χ0) is 11.0. The van der Waals surface area contributed by atoms with Crippen LogP contribution in [0.1, 0.15) is 27.2 Å². The first-order valence-corrected chi connectivity index (χ1v) is 4.00. The smallest absolute Gasteiger partial charge is 0.320 e. The van der Waals surface area contributed by atoms with E-state index in [2.05, 4.69) is 0 Å². The molecule has 13 heavy (non-hydrogen) atoms. The zero-order valence-electron chi connectivity index (χ0n) is 8.15. The van der Waals surface area contributed by atoms with Crippen LogP contribution in [0.25, 0.3) is 0 Å². The summed E-state index contributed by atoms with van der Waals surface area (Å²) >= 11 is 0. The molecular formula is C8H17NO4. The molecule has 0 unspecified atom stereocenters. The second-order valence-corrected chi connectivity index (χ2v) is 2.77. The van der Waals surface area contributed by atoms with Gasteiger partial charge < -0.3 is 15.9 Å². The van der Waals surface area contributed by atoms with E-state index in [4.69, 9.17) is 20.7 Å². The number of carbonyl (C=O) groups is 2. The SMILES string of the molecule is CC(=O)O.CC[C@H](C)[C@H](N)C(=O)O. The molecule has 0 aliphatic carbocycles. The highest BCUT2D eigenvalue weighted by atomic mass is 16.4. The lowest BCUT2D eigenvalue weighted by atomic mass is 10.0. The first-order valence-electron chi connectivity index (χ1n) is 4.00. The highest BCUT2D eigenvalue weighted by molar-refractivity contribution is 5.73. The van der Waals surface area contributed by atoms with Gasteiger partial charge in [0.05, 0.1) is 0 Å². The summed E-state index contributed by atoms with van der Waals surface area (Å²) in [6.45, 7) is 4.84. The van der Waals surface area contributed by atoms with Crippen molar-refractivity contribution >= 4 is 11.9 Å². The Kier molecular flexibility index (Phi) is 8.37. The highest BCUT2D eigenvalue weighted by Gasteiger charge is 2.17. The van der Waals surface area contributed by atoms with Gasteiger partial charge in [0.1, 0.15) is 6.04 Å². The third-order valence-corrected chi connectivity index (χ3v) is 1.54. The molecule has 5 nitrogen and oxygen atoms in total. The van der Waals surface area contributed by atoms with Crippen molar-refractivity contribution in [1.29, 1.82) is 0 Å². The van der Waals surface area contributed by atoms with Gasteiger partial charge in [0.25, 0.3) is 5.97 Å². The normalized spacial score (nSPS) is 13.5. The summed E-state index contributed by atoms with van der Waals surface area (Å²) in [4.78, 5) is 19.2. The van der Waals surface area contributed by atoms with Crippen molar-refractivity contribution < 1.29 is 19.8 Å². The Morgan fingerprint density at radius 2 is 1.69 bits per heavy atom. The Morgan fingerprint density at radius 3 is 1.77 bits per heavy atom. The van der Waals surface area contributed by atoms with Gasteiger partial charge in [-0.25, -0.2) is 0 Å². The maximum absolute atomic E-state index is 10.2. The van der Waals surface area contributed by atoms with Gasteiger partial charge in [-0.1, -0.05) is 20.3 Å². The molecule has 0 aromatic heterocycles. The third kappa shape index (κ3) is 10.9. The van der Waals surface area contributed by atoms with Gasteiger partial charge in [-0.2, -0.15) is 0 Å². The van der Waals surface area contributed by atoms with Crippen LogP contribution in [0, 0.1) is 5.92 Å². The summed E-state index contributed by atoms with van der Waals surface area (Å²) in [6.07, 6.45) is 0.813. The quantitative estimate of drug-likeness (QED) is 0.604. The van der Waals surface area contributed by atoms with Crippen molar-refractivity contribution in [3.8, 4) is 0 Å². The van der Waals surface area contributed by atoms with E-state index in [9.17, 15) is 4.79 Å². The Balaban J connectivity index is 0. The Labute approximate surface area is 77.6 Å². The highest BCUT2D eigenvalue weighted by Crippen LogP contribution is 2.04. The predicted octanol–water partition coefficient (Wildman–Crippen LogP) is 0.535. The van der Waals surface area contributed by atoms with E-state index < -0.39 is 18.0 Å². The van der Waals surface area contributed by atoms with Crippen LogP contribution in [0.5, 0.6) is 0 Å². The van der Waals surface area contributed by atoms with Gasteiger partial charge in [0, 0.05) is 6.92 Å². The molecule has 0 heterocycles. The Hall–Kier alpha value is -1.10. The van der Waals surface area contributed by atoms with E-state index in [1.165, 1.54) is 0 Å². The fourth-order valence-corrected chi connectivity index (χ4v) is 0.497. The molecule has 2 atom stereocenters. The van der Waals surface area contributed by atoms with E-state index in [-0.39, 0.29) is 5.92 Å². The summed E-state index contributed by atoms with van der Waals surface area (Å²) in [7, 11) is 0. The molecule has 0 aromatic rings. The van der Waals surface area contributed by atoms with Gasteiger partial charge in [-0.15, -0.1) is 0 Å². The molecule has 5 heteroatoms. The number of aliphatic carboxylic acids is 2. The minimum Gasteiger partial charge on any atom is -0.481 e. The molecule has 0 radical (unpaired) electrons. The summed E-state index contributed by atoms with van der Waals surface area (Å²) in [5, 5.41) is 15.8. The fourth-order valence-electron chi connectivity index (χ4n) is 0.497. The molecule has 0 bridgehead atoms. The Bertz CT molecular complexity index is 166. The van der Waals surface area contributed by atoms with Crippen LogP contribution in [-0.4, -0.2) is 28.2 Å². The molecule has 78 valence electrons. The van der Waals surface area contributed by atoms with E-state index >= 15 is 0 Å². The van der Waals surface area contributed by atoms with Crippen molar-refractivity contribution in [3.05, 3.63) is 0 Å². The van der Waals surface area contributed by atoms with Crippen molar-refractivity contribution in [2.75, 3.05) is 0 Å². The van der Waals surface area contributed by atoms with E-state index in [1.807, 2.05) is 13.8 Å².